The quantitative estimate of drug-likeness (QED) is 0.795. The first kappa shape index (κ1) is 21.8. The van der Waals surface area contributed by atoms with Crippen LogP contribution in [0.25, 0.3) is 0 Å². The highest BCUT2D eigenvalue weighted by atomic mass is 32.2. The topological polar surface area (TPSA) is 75.7 Å². The largest absolute Gasteiger partial charge is 0.481 e. The normalized spacial score (nSPS) is 12.9. The number of rotatable bonds is 6. The molecule has 152 valence electrons. The molecule has 1 amide bonds. The van der Waals surface area contributed by atoms with Crippen LogP contribution in [0.3, 0.4) is 0 Å². The smallest absolute Gasteiger partial charge is 0.265 e. The maximum absolute atomic E-state index is 12.5. The Labute approximate surface area is 167 Å². The van der Waals surface area contributed by atoms with Gasteiger partial charge in [-0.2, -0.15) is 0 Å². The molecule has 7 heteroatoms. The first-order valence-electron chi connectivity index (χ1n) is 9.00. The van der Waals surface area contributed by atoms with Crippen molar-refractivity contribution in [3.8, 4) is 5.75 Å². The molecule has 0 heterocycles. The monoisotopic (exact) mass is 404 g/mol. The molecule has 0 aliphatic heterocycles. The van der Waals surface area contributed by atoms with E-state index in [-0.39, 0.29) is 11.3 Å². The minimum Gasteiger partial charge on any atom is -0.481 e. The van der Waals surface area contributed by atoms with Crippen LogP contribution in [0.5, 0.6) is 5.75 Å². The first-order valence-corrected chi connectivity index (χ1v) is 10.8. The van der Waals surface area contributed by atoms with Crippen molar-refractivity contribution in [3.05, 3.63) is 54.1 Å². The number of hydrogen-bond acceptors (Lipinski definition) is 4. The molecular formula is C21H28N2O4S. The number of benzene rings is 2. The molecule has 0 fully saturated rings. The fourth-order valence-corrected chi connectivity index (χ4v) is 3.00. The van der Waals surface area contributed by atoms with Gasteiger partial charge in [-0.15, -0.1) is 0 Å². The average Bonchev–Trinajstić information content (AvgIpc) is 2.60. The van der Waals surface area contributed by atoms with Crippen LogP contribution in [0.4, 0.5) is 11.4 Å². The van der Waals surface area contributed by atoms with Gasteiger partial charge in [0.1, 0.15) is 5.75 Å². The summed E-state index contributed by atoms with van der Waals surface area (Å²) in [4.78, 5) is 12.5. The molecular weight excluding hydrogens is 376 g/mol. The second-order valence-corrected chi connectivity index (χ2v) is 9.82. The summed E-state index contributed by atoms with van der Waals surface area (Å²) in [6.45, 7) is 8.07. The van der Waals surface area contributed by atoms with Gasteiger partial charge in [-0.1, -0.05) is 39.0 Å². The van der Waals surface area contributed by atoms with E-state index in [1.165, 1.54) is 12.6 Å². The minimum atomic E-state index is -3.38. The zero-order valence-corrected chi connectivity index (χ0v) is 18.0. The van der Waals surface area contributed by atoms with Gasteiger partial charge in [-0.3, -0.25) is 9.10 Å². The highest BCUT2D eigenvalue weighted by Gasteiger charge is 2.18. The van der Waals surface area contributed by atoms with Crippen LogP contribution >= 0.6 is 0 Å². The molecule has 1 unspecified atom stereocenters. The summed E-state index contributed by atoms with van der Waals surface area (Å²) in [7, 11) is -1.91. The highest BCUT2D eigenvalue weighted by Crippen LogP contribution is 2.25. The average molecular weight is 405 g/mol. The van der Waals surface area contributed by atoms with Crippen LogP contribution < -0.4 is 14.4 Å². The molecule has 0 aliphatic carbocycles. The summed E-state index contributed by atoms with van der Waals surface area (Å²) < 4.78 is 30.2. The number of carbonyl (C=O) groups excluding carboxylic acids is 1. The van der Waals surface area contributed by atoms with Crippen molar-refractivity contribution in [2.75, 3.05) is 22.9 Å². The van der Waals surface area contributed by atoms with Crippen LogP contribution in [0.1, 0.15) is 33.3 Å². The van der Waals surface area contributed by atoms with Gasteiger partial charge in [-0.25, -0.2) is 8.42 Å². The summed E-state index contributed by atoms with van der Waals surface area (Å²) in [6, 6.07) is 14.3. The Morgan fingerprint density at radius 3 is 2.25 bits per heavy atom. The Bertz CT molecular complexity index is 932. The van der Waals surface area contributed by atoms with Crippen molar-refractivity contribution in [1.29, 1.82) is 0 Å². The summed E-state index contributed by atoms with van der Waals surface area (Å²) in [5.41, 5.74) is 2.19. The molecule has 0 spiro atoms. The molecule has 1 atom stereocenters. The van der Waals surface area contributed by atoms with E-state index in [2.05, 4.69) is 26.1 Å². The summed E-state index contributed by atoms with van der Waals surface area (Å²) >= 11 is 0. The lowest BCUT2D eigenvalue weighted by Gasteiger charge is -2.20. The Hall–Kier alpha value is -2.54. The van der Waals surface area contributed by atoms with Crippen molar-refractivity contribution >= 4 is 27.3 Å². The van der Waals surface area contributed by atoms with E-state index in [4.69, 9.17) is 4.74 Å². The number of nitrogens with one attached hydrogen (secondary N) is 1. The van der Waals surface area contributed by atoms with E-state index < -0.39 is 16.1 Å². The lowest BCUT2D eigenvalue weighted by molar-refractivity contribution is -0.122. The van der Waals surface area contributed by atoms with Gasteiger partial charge in [0, 0.05) is 12.7 Å². The third-order valence-electron chi connectivity index (χ3n) is 4.38. The number of carbonyl (C=O) groups is 1. The number of hydrogen-bond donors (Lipinski definition) is 1. The minimum absolute atomic E-state index is 0.0473. The van der Waals surface area contributed by atoms with Crippen molar-refractivity contribution < 1.29 is 17.9 Å². The van der Waals surface area contributed by atoms with Gasteiger partial charge in [0.2, 0.25) is 10.0 Å². The SMILES string of the molecule is CC(Oc1ccc(C(C)(C)C)cc1)C(=O)Nc1cccc(N(C)S(C)(=O)=O)c1. The molecule has 0 aliphatic rings. The Morgan fingerprint density at radius 1 is 1.11 bits per heavy atom. The predicted molar refractivity (Wildman–Crippen MR) is 114 cm³/mol. The van der Waals surface area contributed by atoms with E-state index in [0.29, 0.717) is 17.1 Å². The van der Waals surface area contributed by atoms with Crippen LogP contribution in [-0.4, -0.2) is 33.7 Å². The Morgan fingerprint density at radius 2 is 1.71 bits per heavy atom. The number of ether oxygens (including phenoxy) is 1. The van der Waals surface area contributed by atoms with Crippen LogP contribution in [0, 0.1) is 0 Å². The fourth-order valence-electron chi connectivity index (χ4n) is 2.51. The molecule has 0 aromatic heterocycles. The Kier molecular flexibility index (Phi) is 6.39. The number of amides is 1. The number of nitrogens with zero attached hydrogens (tertiary/aromatic N) is 1. The van der Waals surface area contributed by atoms with Crippen molar-refractivity contribution in [3.63, 3.8) is 0 Å². The van der Waals surface area contributed by atoms with Gasteiger partial charge in [0.05, 0.1) is 11.9 Å². The van der Waals surface area contributed by atoms with Crippen molar-refractivity contribution in [2.45, 2.75) is 39.2 Å². The maximum Gasteiger partial charge on any atom is 0.265 e. The molecule has 2 aromatic rings. The van der Waals surface area contributed by atoms with E-state index in [9.17, 15) is 13.2 Å². The molecule has 2 aromatic carbocycles. The molecule has 0 saturated carbocycles. The van der Waals surface area contributed by atoms with Crippen LogP contribution in [-0.2, 0) is 20.2 Å². The molecule has 28 heavy (non-hydrogen) atoms. The van der Waals surface area contributed by atoms with Gasteiger partial charge in [-0.05, 0) is 48.2 Å². The summed E-state index contributed by atoms with van der Waals surface area (Å²) in [6.07, 6.45) is 0.413. The maximum atomic E-state index is 12.5. The molecule has 2 rings (SSSR count). The van der Waals surface area contributed by atoms with E-state index in [0.717, 1.165) is 10.6 Å². The highest BCUT2D eigenvalue weighted by molar-refractivity contribution is 7.92. The number of anilines is 2. The second-order valence-electron chi connectivity index (χ2n) is 7.80. The van der Waals surface area contributed by atoms with Gasteiger partial charge >= 0.3 is 0 Å². The standard InChI is InChI=1S/C21H28N2O4S/c1-15(27-19-12-10-16(11-13-19)21(2,3)4)20(24)22-17-8-7-9-18(14-17)23(5)28(6,25)26/h7-15H,1-6H3,(H,22,24). The molecule has 0 bridgehead atoms. The molecule has 0 radical (unpaired) electrons. The van der Waals surface area contributed by atoms with E-state index in [1.54, 1.807) is 31.2 Å². The number of sulfonamides is 1. The molecule has 1 N–H and O–H groups in total. The van der Waals surface area contributed by atoms with Gasteiger partial charge in [0.15, 0.2) is 6.10 Å². The summed E-state index contributed by atoms with van der Waals surface area (Å²) in [5, 5.41) is 2.76. The summed E-state index contributed by atoms with van der Waals surface area (Å²) in [5.74, 6) is 0.292. The van der Waals surface area contributed by atoms with E-state index in [1.807, 2.05) is 24.3 Å². The second kappa shape index (κ2) is 8.22. The third kappa shape index (κ3) is 5.73. The van der Waals surface area contributed by atoms with Crippen molar-refractivity contribution in [1.82, 2.24) is 0 Å². The van der Waals surface area contributed by atoms with Crippen molar-refractivity contribution in [2.24, 2.45) is 0 Å². The first-order chi connectivity index (χ1) is 12.9. The van der Waals surface area contributed by atoms with Crippen LogP contribution in [0.15, 0.2) is 48.5 Å². The lowest BCUT2D eigenvalue weighted by Crippen LogP contribution is -2.30. The molecule has 6 nitrogen and oxygen atoms in total. The zero-order chi connectivity index (χ0) is 21.1. The van der Waals surface area contributed by atoms with Crippen LogP contribution in [0.2, 0.25) is 0 Å². The Balaban J connectivity index is 2.05. The lowest BCUT2D eigenvalue weighted by atomic mass is 9.87. The third-order valence-corrected chi connectivity index (χ3v) is 5.58. The molecule has 0 saturated heterocycles. The van der Waals surface area contributed by atoms with E-state index >= 15 is 0 Å². The van der Waals surface area contributed by atoms with Gasteiger partial charge in [0.25, 0.3) is 5.91 Å². The fraction of sp³-hybridized carbons (Fsp3) is 0.381. The zero-order valence-electron chi connectivity index (χ0n) is 17.2. The predicted octanol–water partition coefficient (Wildman–Crippen LogP) is 3.79. The van der Waals surface area contributed by atoms with Gasteiger partial charge < -0.3 is 10.1 Å².